The second-order valence-corrected chi connectivity index (χ2v) is 9.86. The Balaban J connectivity index is 1.29. The molecule has 1 aliphatic heterocycles. The number of piperazine rings is 1. The fourth-order valence-corrected chi connectivity index (χ4v) is 5.23. The van der Waals surface area contributed by atoms with Crippen molar-refractivity contribution in [1.29, 1.82) is 0 Å². The molecule has 6 nitrogen and oxygen atoms in total. The van der Waals surface area contributed by atoms with Crippen LogP contribution in [0.3, 0.4) is 0 Å². The molecular weight excluding hydrogens is 436 g/mol. The van der Waals surface area contributed by atoms with Gasteiger partial charge < -0.3 is 15.1 Å². The molecular formula is C29H40N4O2. The first-order valence-electron chi connectivity index (χ1n) is 13.3. The molecule has 35 heavy (non-hydrogen) atoms. The van der Waals surface area contributed by atoms with Crippen molar-refractivity contribution in [2.75, 3.05) is 38.0 Å². The van der Waals surface area contributed by atoms with E-state index in [-0.39, 0.29) is 18.0 Å². The monoisotopic (exact) mass is 476 g/mol. The van der Waals surface area contributed by atoms with Gasteiger partial charge in [-0.15, -0.1) is 0 Å². The minimum atomic E-state index is -0.0818. The lowest BCUT2D eigenvalue weighted by Crippen LogP contribution is -2.50. The average molecular weight is 477 g/mol. The van der Waals surface area contributed by atoms with Crippen LogP contribution in [0.1, 0.15) is 56.6 Å². The maximum atomic E-state index is 13.3. The van der Waals surface area contributed by atoms with Crippen molar-refractivity contribution in [1.82, 2.24) is 14.7 Å². The first-order valence-corrected chi connectivity index (χ1v) is 13.3. The highest BCUT2D eigenvalue weighted by Gasteiger charge is 2.28. The third-order valence-electron chi connectivity index (χ3n) is 7.43. The topological polar surface area (TPSA) is 55.9 Å². The molecule has 4 rings (SSSR count). The molecule has 188 valence electrons. The first-order chi connectivity index (χ1) is 17.1. The zero-order chi connectivity index (χ0) is 24.5. The third kappa shape index (κ3) is 7.31. The number of nitrogens with zero attached hydrogens (tertiary/aromatic N) is 3. The number of benzene rings is 2. The molecule has 2 aromatic rings. The highest BCUT2D eigenvalue weighted by atomic mass is 16.2. The van der Waals surface area contributed by atoms with E-state index < -0.39 is 0 Å². The van der Waals surface area contributed by atoms with Crippen molar-refractivity contribution >= 4 is 17.6 Å². The minimum absolute atomic E-state index is 0.0818. The summed E-state index contributed by atoms with van der Waals surface area (Å²) in [7, 11) is 0. The first kappa shape index (κ1) is 25.2. The smallest absolute Gasteiger partial charge is 0.322 e. The van der Waals surface area contributed by atoms with Crippen LogP contribution in [0.4, 0.5) is 10.5 Å². The van der Waals surface area contributed by atoms with Crippen LogP contribution in [0.15, 0.2) is 54.6 Å². The molecule has 1 saturated carbocycles. The Bertz CT molecular complexity index is 933. The molecule has 6 heteroatoms. The Hall–Kier alpha value is -2.86. The highest BCUT2D eigenvalue weighted by Crippen LogP contribution is 2.24. The fraction of sp³-hybridized carbons (Fsp3) is 0.517. The molecule has 0 spiro atoms. The Labute approximate surface area is 210 Å². The number of hydrogen-bond donors (Lipinski definition) is 1. The quantitative estimate of drug-likeness (QED) is 0.573. The average Bonchev–Trinajstić information content (AvgIpc) is 2.91. The fourth-order valence-electron chi connectivity index (χ4n) is 5.23. The third-order valence-corrected chi connectivity index (χ3v) is 7.43. The van der Waals surface area contributed by atoms with Crippen LogP contribution in [0.2, 0.25) is 0 Å². The number of urea groups is 1. The van der Waals surface area contributed by atoms with Gasteiger partial charge in [0.2, 0.25) is 5.91 Å². The predicted molar refractivity (Wildman–Crippen MR) is 141 cm³/mol. The van der Waals surface area contributed by atoms with Crippen LogP contribution < -0.4 is 5.32 Å². The zero-order valence-electron chi connectivity index (χ0n) is 21.1. The number of carbonyl (C=O) groups is 2. The second kappa shape index (κ2) is 12.7. The van der Waals surface area contributed by atoms with E-state index in [2.05, 4.69) is 53.5 Å². The largest absolute Gasteiger partial charge is 0.340 e. The molecule has 0 atom stereocenters. The van der Waals surface area contributed by atoms with E-state index in [1.54, 1.807) is 0 Å². The molecule has 0 radical (unpaired) electrons. The van der Waals surface area contributed by atoms with Crippen LogP contribution in [0.5, 0.6) is 0 Å². The predicted octanol–water partition coefficient (Wildman–Crippen LogP) is 5.15. The van der Waals surface area contributed by atoms with Gasteiger partial charge in [-0.1, -0.05) is 68.7 Å². The summed E-state index contributed by atoms with van der Waals surface area (Å²) in [6.45, 7) is 6.82. The minimum Gasteiger partial charge on any atom is -0.340 e. The SMILES string of the molecule is CCc1ccc(NC(=O)N(CCC(=O)N2CCN(Cc3ccccc3)CC2)C2CCCCC2)cc1. The van der Waals surface area contributed by atoms with E-state index in [0.29, 0.717) is 13.0 Å². The highest BCUT2D eigenvalue weighted by molar-refractivity contribution is 5.90. The van der Waals surface area contributed by atoms with Crippen LogP contribution in [0, 0.1) is 0 Å². The molecule has 1 aliphatic carbocycles. The number of aryl methyl sites for hydroxylation is 1. The Morgan fingerprint density at radius 3 is 2.23 bits per heavy atom. The van der Waals surface area contributed by atoms with E-state index >= 15 is 0 Å². The maximum absolute atomic E-state index is 13.3. The summed E-state index contributed by atoms with van der Waals surface area (Å²) in [5.41, 5.74) is 3.38. The van der Waals surface area contributed by atoms with E-state index in [9.17, 15) is 9.59 Å². The lowest BCUT2D eigenvalue weighted by molar-refractivity contribution is -0.133. The second-order valence-electron chi connectivity index (χ2n) is 9.86. The number of rotatable bonds is 8. The van der Waals surface area contributed by atoms with Gasteiger partial charge in [0.15, 0.2) is 0 Å². The molecule has 1 N–H and O–H groups in total. The normalized spacial score (nSPS) is 17.2. The van der Waals surface area contributed by atoms with E-state index in [1.807, 2.05) is 28.0 Å². The lowest BCUT2D eigenvalue weighted by atomic mass is 9.94. The Morgan fingerprint density at radius 1 is 0.886 bits per heavy atom. The summed E-state index contributed by atoms with van der Waals surface area (Å²) in [4.78, 5) is 32.6. The van der Waals surface area contributed by atoms with Gasteiger partial charge in [0.05, 0.1) is 0 Å². The maximum Gasteiger partial charge on any atom is 0.322 e. The number of anilines is 1. The van der Waals surface area contributed by atoms with E-state index in [1.165, 1.54) is 17.5 Å². The summed E-state index contributed by atoms with van der Waals surface area (Å²) in [6.07, 6.45) is 6.94. The van der Waals surface area contributed by atoms with Gasteiger partial charge in [0.1, 0.15) is 0 Å². The zero-order valence-corrected chi connectivity index (χ0v) is 21.1. The molecule has 1 heterocycles. The lowest BCUT2D eigenvalue weighted by Gasteiger charge is -2.37. The van der Waals surface area contributed by atoms with Gasteiger partial charge in [0.25, 0.3) is 0 Å². The van der Waals surface area contributed by atoms with Crippen molar-refractivity contribution in [2.45, 2.75) is 64.5 Å². The summed E-state index contributed by atoms with van der Waals surface area (Å²) in [5, 5.41) is 3.08. The van der Waals surface area contributed by atoms with E-state index in [0.717, 1.165) is 70.5 Å². The molecule has 3 amide bonds. The molecule has 2 fully saturated rings. The van der Waals surface area contributed by atoms with Gasteiger partial charge in [-0.05, 0) is 42.5 Å². The summed E-state index contributed by atoms with van der Waals surface area (Å²) >= 11 is 0. The number of amides is 3. The molecule has 0 bridgehead atoms. The van der Waals surface area contributed by atoms with Gasteiger partial charge in [0, 0.05) is 57.4 Å². The van der Waals surface area contributed by atoms with E-state index in [4.69, 9.17) is 0 Å². The van der Waals surface area contributed by atoms with Crippen molar-refractivity contribution in [3.05, 3.63) is 65.7 Å². The van der Waals surface area contributed by atoms with Crippen LogP contribution in [0.25, 0.3) is 0 Å². The Kier molecular flexibility index (Phi) is 9.18. The summed E-state index contributed by atoms with van der Waals surface area (Å²) in [6, 6.07) is 18.7. The molecule has 1 saturated heterocycles. The van der Waals surface area contributed by atoms with Crippen LogP contribution in [-0.2, 0) is 17.8 Å². The van der Waals surface area contributed by atoms with Gasteiger partial charge >= 0.3 is 6.03 Å². The van der Waals surface area contributed by atoms with Crippen molar-refractivity contribution in [2.24, 2.45) is 0 Å². The summed E-state index contributed by atoms with van der Waals surface area (Å²) < 4.78 is 0. The van der Waals surface area contributed by atoms with Gasteiger partial charge in [-0.3, -0.25) is 9.69 Å². The van der Waals surface area contributed by atoms with Gasteiger partial charge in [-0.2, -0.15) is 0 Å². The Morgan fingerprint density at radius 2 is 1.57 bits per heavy atom. The van der Waals surface area contributed by atoms with Crippen LogP contribution >= 0.6 is 0 Å². The van der Waals surface area contributed by atoms with Crippen molar-refractivity contribution < 1.29 is 9.59 Å². The van der Waals surface area contributed by atoms with Gasteiger partial charge in [-0.25, -0.2) is 4.79 Å². The molecule has 2 aromatic carbocycles. The summed E-state index contributed by atoms with van der Waals surface area (Å²) in [5.74, 6) is 0.158. The number of nitrogens with one attached hydrogen (secondary N) is 1. The molecule has 0 aromatic heterocycles. The van der Waals surface area contributed by atoms with Crippen LogP contribution in [-0.4, -0.2) is 65.4 Å². The van der Waals surface area contributed by atoms with Crippen molar-refractivity contribution in [3.8, 4) is 0 Å². The molecule has 2 aliphatic rings. The van der Waals surface area contributed by atoms with Crippen molar-refractivity contribution in [3.63, 3.8) is 0 Å². The number of hydrogen-bond acceptors (Lipinski definition) is 3. The molecule has 0 unspecified atom stereocenters. The standard InChI is InChI=1S/C29H40N4O2/c1-2-24-13-15-26(16-14-24)30-29(35)33(27-11-7-4-8-12-27)18-17-28(34)32-21-19-31(20-22-32)23-25-9-5-3-6-10-25/h3,5-6,9-10,13-16,27H,2,4,7-8,11-12,17-23H2,1H3,(H,30,35). The number of carbonyl (C=O) groups excluding carboxylic acids is 2.